The smallest absolute Gasteiger partial charge is 0.354 e. The van der Waals surface area contributed by atoms with Crippen LogP contribution in [-0.2, 0) is 11.3 Å². The molecule has 134 valence electrons. The number of carbonyl (C=O) groups is 2. The van der Waals surface area contributed by atoms with Gasteiger partial charge in [-0.05, 0) is 36.4 Å². The average Bonchev–Trinajstić information content (AvgIpc) is 3.02. The molecule has 0 unspecified atom stereocenters. The van der Waals surface area contributed by atoms with Gasteiger partial charge in [0, 0.05) is 34.7 Å². The lowest BCUT2D eigenvalue weighted by Crippen LogP contribution is -2.09. The molecule has 1 aromatic heterocycles. The summed E-state index contributed by atoms with van der Waals surface area (Å²) in [5.41, 5.74) is 1.05. The molecule has 0 aliphatic rings. The van der Waals surface area contributed by atoms with Gasteiger partial charge >= 0.3 is 5.97 Å². The molecule has 0 fully saturated rings. The molecule has 0 bridgehead atoms. The molecule has 1 heterocycles. The van der Waals surface area contributed by atoms with Crippen molar-refractivity contribution in [1.29, 1.82) is 0 Å². The van der Waals surface area contributed by atoms with Gasteiger partial charge in [0.1, 0.15) is 16.4 Å². The molecular formula is C20H17FO4S. The van der Waals surface area contributed by atoms with E-state index in [0.29, 0.717) is 38.3 Å². The van der Waals surface area contributed by atoms with Crippen LogP contribution in [0.4, 0.5) is 4.39 Å². The number of fused-ring (bicyclic) bond motifs is 1. The zero-order chi connectivity index (χ0) is 18.7. The summed E-state index contributed by atoms with van der Waals surface area (Å²) in [5.74, 6) is -0.631. The molecule has 0 spiro atoms. The fraction of sp³-hybridized carbons (Fsp3) is 0.200. The molecule has 0 aliphatic heterocycles. The van der Waals surface area contributed by atoms with Crippen molar-refractivity contribution in [2.24, 2.45) is 0 Å². The lowest BCUT2D eigenvalue weighted by molar-refractivity contribution is 0.0735. The summed E-state index contributed by atoms with van der Waals surface area (Å²) in [7, 11) is 1.49. The molecule has 4 nitrogen and oxygen atoms in total. The SMILES string of the molecule is CCC(=O)c1ccc(OC(=O)c2sc3cccc(F)c3c2COC)cc1. The Morgan fingerprint density at radius 2 is 1.85 bits per heavy atom. The molecule has 0 N–H and O–H groups in total. The monoisotopic (exact) mass is 372 g/mol. The summed E-state index contributed by atoms with van der Waals surface area (Å²) in [6.45, 7) is 1.89. The van der Waals surface area contributed by atoms with Crippen molar-refractivity contribution in [3.8, 4) is 5.75 Å². The minimum atomic E-state index is -0.577. The summed E-state index contributed by atoms with van der Waals surface area (Å²) < 4.78 is 25.4. The number of Topliss-reactive ketones (excluding diaryl/α,β-unsaturated/α-hetero) is 1. The van der Waals surface area contributed by atoms with Crippen LogP contribution in [0, 0.1) is 5.82 Å². The fourth-order valence-corrected chi connectivity index (χ4v) is 3.78. The Balaban J connectivity index is 1.91. The Labute approximate surface area is 154 Å². The van der Waals surface area contributed by atoms with Gasteiger partial charge in [0.2, 0.25) is 0 Å². The fourth-order valence-electron chi connectivity index (χ4n) is 2.68. The molecule has 2 aromatic carbocycles. The van der Waals surface area contributed by atoms with Crippen LogP contribution < -0.4 is 4.74 Å². The number of ether oxygens (including phenoxy) is 2. The molecular weight excluding hydrogens is 355 g/mol. The van der Waals surface area contributed by atoms with E-state index in [9.17, 15) is 14.0 Å². The number of hydrogen-bond donors (Lipinski definition) is 0. The van der Waals surface area contributed by atoms with Crippen molar-refractivity contribution in [3.05, 3.63) is 64.3 Å². The van der Waals surface area contributed by atoms with E-state index in [0.717, 1.165) is 0 Å². The third kappa shape index (κ3) is 3.52. The molecule has 0 atom stereocenters. The number of esters is 1. The minimum Gasteiger partial charge on any atom is -0.422 e. The van der Waals surface area contributed by atoms with Gasteiger partial charge < -0.3 is 9.47 Å². The van der Waals surface area contributed by atoms with Crippen LogP contribution in [0.3, 0.4) is 0 Å². The molecule has 26 heavy (non-hydrogen) atoms. The molecule has 0 aliphatic carbocycles. The summed E-state index contributed by atoms with van der Waals surface area (Å²) >= 11 is 1.17. The first kappa shape index (κ1) is 18.2. The van der Waals surface area contributed by atoms with Crippen LogP contribution >= 0.6 is 11.3 Å². The van der Waals surface area contributed by atoms with E-state index in [1.54, 1.807) is 43.3 Å². The van der Waals surface area contributed by atoms with Gasteiger partial charge in [-0.25, -0.2) is 9.18 Å². The van der Waals surface area contributed by atoms with Crippen molar-refractivity contribution in [2.75, 3.05) is 7.11 Å². The predicted octanol–water partition coefficient (Wildman–Crippen LogP) is 5.00. The van der Waals surface area contributed by atoms with E-state index in [2.05, 4.69) is 0 Å². The maximum absolute atomic E-state index is 14.2. The normalized spacial score (nSPS) is 10.9. The van der Waals surface area contributed by atoms with Crippen molar-refractivity contribution in [1.82, 2.24) is 0 Å². The number of carbonyl (C=O) groups excluding carboxylic acids is 2. The molecule has 0 saturated carbocycles. The van der Waals surface area contributed by atoms with Gasteiger partial charge in [0.05, 0.1) is 6.61 Å². The van der Waals surface area contributed by atoms with E-state index >= 15 is 0 Å². The number of hydrogen-bond acceptors (Lipinski definition) is 5. The zero-order valence-electron chi connectivity index (χ0n) is 14.4. The van der Waals surface area contributed by atoms with Crippen molar-refractivity contribution in [2.45, 2.75) is 20.0 Å². The molecule has 0 saturated heterocycles. The standard InChI is InChI=1S/C20H17FO4S/c1-3-16(22)12-7-9-13(10-8-12)25-20(23)19-14(11-24-2)18-15(21)5-4-6-17(18)26-19/h4-10H,3,11H2,1-2H3. The van der Waals surface area contributed by atoms with E-state index in [1.165, 1.54) is 24.5 Å². The third-order valence-corrected chi connectivity index (χ3v) is 5.12. The first-order chi connectivity index (χ1) is 12.5. The topological polar surface area (TPSA) is 52.6 Å². The van der Waals surface area contributed by atoms with Crippen LogP contribution in [-0.4, -0.2) is 18.9 Å². The highest BCUT2D eigenvalue weighted by Crippen LogP contribution is 2.34. The second kappa shape index (κ2) is 7.76. The quantitative estimate of drug-likeness (QED) is 0.347. The number of halogens is 1. The Bertz CT molecular complexity index is 960. The Kier molecular flexibility index (Phi) is 5.44. The summed E-state index contributed by atoms with van der Waals surface area (Å²) in [5, 5.41) is 0.384. The molecule has 6 heteroatoms. The highest BCUT2D eigenvalue weighted by Gasteiger charge is 2.22. The molecule has 0 amide bonds. The Morgan fingerprint density at radius 3 is 2.50 bits per heavy atom. The second-order valence-corrected chi connectivity index (χ2v) is 6.70. The number of thiophene rings is 1. The zero-order valence-corrected chi connectivity index (χ0v) is 15.2. The van der Waals surface area contributed by atoms with Gasteiger partial charge in [-0.2, -0.15) is 0 Å². The van der Waals surface area contributed by atoms with Crippen LogP contribution in [0.15, 0.2) is 42.5 Å². The van der Waals surface area contributed by atoms with Gasteiger partial charge in [-0.3, -0.25) is 4.79 Å². The van der Waals surface area contributed by atoms with Crippen molar-refractivity contribution < 1.29 is 23.5 Å². The average molecular weight is 372 g/mol. The van der Waals surface area contributed by atoms with Crippen molar-refractivity contribution >= 4 is 33.2 Å². The van der Waals surface area contributed by atoms with E-state index in [1.807, 2.05) is 0 Å². The number of rotatable bonds is 6. The second-order valence-electron chi connectivity index (χ2n) is 5.65. The van der Waals surface area contributed by atoms with Crippen LogP contribution in [0.2, 0.25) is 0 Å². The molecule has 3 rings (SSSR count). The van der Waals surface area contributed by atoms with Gasteiger partial charge in [0.15, 0.2) is 5.78 Å². The minimum absolute atomic E-state index is 0.0187. The van der Waals surface area contributed by atoms with Crippen LogP contribution in [0.25, 0.3) is 10.1 Å². The number of methoxy groups -OCH3 is 1. The number of ketones is 1. The highest BCUT2D eigenvalue weighted by molar-refractivity contribution is 7.21. The highest BCUT2D eigenvalue weighted by atomic mass is 32.1. The molecule has 3 aromatic rings. The van der Waals surface area contributed by atoms with E-state index in [-0.39, 0.29) is 12.4 Å². The van der Waals surface area contributed by atoms with Gasteiger partial charge in [-0.1, -0.05) is 13.0 Å². The van der Waals surface area contributed by atoms with Crippen molar-refractivity contribution in [3.63, 3.8) is 0 Å². The predicted molar refractivity (Wildman–Crippen MR) is 98.5 cm³/mol. The third-order valence-electron chi connectivity index (χ3n) is 3.95. The summed E-state index contributed by atoms with van der Waals surface area (Å²) in [4.78, 5) is 24.6. The molecule has 0 radical (unpaired) electrons. The van der Waals surface area contributed by atoms with Gasteiger partial charge in [0.25, 0.3) is 0 Å². The van der Waals surface area contributed by atoms with Gasteiger partial charge in [-0.15, -0.1) is 11.3 Å². The van der Waals surface area contributed by atoms with E-state index < -0.39 is 11.8 Å². The number of benzene rings is 2. The largest absolute Gasteiger partial charge is 0.422 e. The first-order valence-corrected chi connectivity index (χ1v) is 8.91. The maximum Gasteiger partial charge on any atom is 0.354 e. The Morgan fingerprint density at radius 1 is 1.12 bits per heavy atom. The Hall–Kier alpha value is -2.57. The lowest BCUT2D eigenvalue weighted by Gasteiger charge is -2.06. The summed E-state index contributed by atoms with van der Waals surface area (Å²) in [6, 6.07) is 11.1. The first-order valence-electron chi connectivity index (χ1n) is 8.09. The van der Waals surface area contributed by atoms with Crippen LogP contribution in [0.5, 0.6) is 5.75 Å². The van der Waals surface area contributed by atoms with Crippen LogP contribution in [0.1, 0.15) is 38.9 Å². The maximum atomic E-state index is 14.2. The van der Waals surface area contributed by atoms with E-state index in [4.69, 9.17) is 9.47 Å². The lowest BCUT2D eigenvalue weighted by atomic mass is 10.1. The summed E-state index contributed by atoms with van der Waals surface area (Å²) in [6.07, 6.45) is 0.410.